The monoisotopic (exact) mass is 315 g/mol. The summed E-state index contributed by atoms with van der Waals surface area (Å²) in [5.74, 6) is -1.51. The molecule has 3 rings (SSSR count). The second-order valence-corrected chi connectivity index (χ2v) is 5.97. The van der Waals surface area contributed by atoms with Gasteiger partial charge in [0.15, 0.2) is 17.4 Å². The summed E-state index contributed by atoms with van der Waals surface area (Å²) in [6.07, 6.45) is 2.31. The minimum atomic E-state index is -0.821. The van der Waals surface area contributed by atoms with E-state index in [0.717, 1.165) is 25.5 Å². The number of nitrogens with zero attached hydrogens (tertiary/aromatic N) is 1. The summed E-state index contributed by atoms with van der Waals surface area (Å²) in [5.41, 5.74) is 1.06. The van der Waals surface area contributed by atoms with E-state index in [0.29, 0.717) is 24.1 Å². The lowest BCUT2D eigenvalue weighted by Crippen LogP contribution is -2.31. The van der Waals surface area contributed by atoms with Gasteiger partial charge < -0.3 is 0 Å². The van der Waals surface area contributed by atoms with Crippen LogP contribution in [0.2, 0.25) is 0 Å². The summed E-state index contributed by atoms with van der Waals surface area (Å²) in [4.78, 5) is 14.4. The standard InChI is InChI=1S/C19H19F2NO/c20-17-10-4-8-15(19(17)21)13-22-11-5-9-16(22)12-18(23)14-6-2-1-3-7-14/h1-4,6-8,10,16H,5,9,11-13H2/t16-/m1/s1. The summed E-state index contributed by atoms with van der Waals surface area (Å²) in [5, 5.41) is 0. The van der Waals surface area contributed by atoms with Crippen molar-refractivity contribution < 1.29 is 13.6 Å². The van der Waals surface area contributed by atoms with Crippen molar-refractivity contribution in [2.24, 2.45) is 0 Å². The van der Waals surface area contributed by atoms with Gasteiger partial charge in [-0.1, -0.05) is 42.5 Å². The summed E-state index contributed by atoms with van der Waals surface area (Å²) in [6.45, 7) is 1.15. The normalized spacial score (nSPS) is 18.3. The maximum atomic E-state index is 13.8. The van der Waals surface area contributed by atoms with Crippen LogP contribution >= 0.6 is 0 Å². The van der Waals surface area contributed by atoms with Crippen LogP contribution in [0.1, 0.15) is 35.2 Å². The molecule has 0 N–H and O–H groups in total. The quantitative estimate of drug-likeness (QED) is 0.771. The molecule has 1 fully saturated rings. The molecule has 0 saturated carbocycles. The number of hydrogen-bond acceptors (Lipinski definition) is 2. The van der Waals surface area contributed by atoms with E-state index in [1.54, 1.807) is 6.07 Å². The largest absolute Gasteiger partial charge is 0.296 e. The second kappa shape index (κ2) is 7.01. The first-order chi connectivity index (χ1) is 11.1. The SMILES string of the molecule is O=C(C[C@H]1CCCN1Cc1cccc(F)c1F)c1ccccc1. The molecule has 0 unspecified atom stereocenters. The number of hydrogen-bond donors (Lipinski definition) is 0. The van der Waals surface area contributed by atoms with Crippen molar-refractivity contribution in [3.8, 4) is 0 Å². The molecule has 2 aromatic rings. The molecular weight excluding hydrogens is 296 g/mol. The van der Waals surface area contributed by atoms with E-state index < -0.39 is 11.6 Å². The van der Waals surface area contributed by atoms with Gasteiger partial charge in [0.05, 0.1) is 0 Å². The number of likely N-dealkylation sites (tertiary alicyclic amines) is 1. The van der Waals surface area contributed by atoms with Crippen LogP contribution in [0.5, 0.6) is 0 Å². The van der Waals surface area contributed by atoms with Crippen LogP contribution in [0.3, 0.4) is 0 Å². The van der Waals surface area contributed by atoms with Crippen molar-refractivity contribution in [2.75, 3.05) is 6.54 Å². The molecule has 4 heteroatoms. The van der Waals surface area contributed by atoms with Crippen LogP contribution in [0.4, 0.5) is 8.78 Å². The average molecular weight is 315 g/mol. The number of ketones is 1. The second-order valence-electron chi connectivity index (χ2n) is 5.97. The van der Waals surface area contributed by atoms with Crippen molar-refractivity contribution in [2.45, 2.75) is 31.8 Å². The molecule has 120 valence electrons. The fraction of sp³-hybridized carbons (Fsp3) is 0.316. The van der Waals surface area contributed by atoms with E-state index in [1.165, 1.54) is 6.07 Å². The first kappa shape index (κ1) is 15.8. The molecule has 23 heavy (non-hydrogen) atoms. The Morgan fingerprint density at radius 1 is 1.09 bits per heavy atom. The van der Waals surface area contributed by atoms with Crippen molar-refractivity contribution >= 4 is 5.78 Å². The zero-order valence-electron chi connectivity index (χ0n) is 12.8. The molecule has 0 bridgehead atoms. The van der Waals surface area contributed by atoms with E-state index in [-0.39, 0.29) is 11.8 Å². The highest BCUT2D eigenvalue weighted by atomic mass is 19.2. The highest BCUT2D eigenvalue weighted by molar-refractivity contribution is 5.96. The van der Waals surface area contributed by atoms with Gasteiger partial charge in [-0.3, -0.25) is 9.69 Å². The average Bonchev–Trinajstić information content (AvgIpc) is 2.99. The molecule has 0 aliphatic carbocycles. The van der Waals surface area contributed by atoms with Gasteiger partial charge in [-0.15, -0.1) is 0 Å². The van der Waals surface area contributed by atoms with Crippen LogP contribution in [0.25, 0.3) is 0 Å². The Balaban J connectivity index is 1.68. The topological polar surface area (TPSA) is 20.3 Å². The van der Waals surface area contributed by atoms with Gasteiger partial charge in [-0.2, -0.15) is 0 Å². The first-order valence-electron chi connectivity index (χ1n) is 7.90. The van der Waals surface area contributed by atoms with Gasteiger partial charge in [0.1, 0.15) is 0 Å². The van der Waals surface area contributed by atoms with E-state index in [1.807, 2.05) is 30.3 Å². The minimum Gasteiger partial charge on any atom is -0.296 e. The van der Waals surface area contributed by atoms with E-state index in [2.05, 4.69) is 4.90 Å². The maximum Gasteiger partial charge on any atom is 0.164 e. The Labute approximate surface area is 134 Å². The molecular formula is C19H19F2NO. The van der Waals surface area contributed by atoms with Crippen molar-refractivity contribution in [3.05, 3.63) is 71.3 Å². The molecule has 1 heterocycles. The van der Waals surface area contributed by atoms with Gasteiger partial charge in [0, 0.05) is 30.1 Å². The summed E-state index contributed by atoms with van der Waals surface area (Å²) >= 11 is 0. The van der Waals surface area contributed by atoms with Crippen LogP contribution in [-0.4, -0.2) is 23.3 Å². The minimum absolute atomic E-state index is 0.0883. The molecule has 0 amide bonds. The third-order valence-corrected chi connectivity index (χ3v) is 4.42. The van der Waals surface area contributed by atoms with E-state index in [4.69, 9.17) is 0 Å². The number of halogens is 2. The van der Waals surface area contributed by atoms with Crippen LogP contribution < -0.4 is 0 Å². The molecule has 0 spiro atoms. The summed E-state index contributed by atoms with van der Waals surface area (Å²) in [6, 6.07) is 13.5. The van der Waals surface area contributed by atoms with Crippen LogP contribution in [0.15, 0.2) is 48.5 Å². The molecule has 2 aromatic carbocycles. The number of carbonyl (C=O) groups is 1. The van der Waals surface area contributed by atoms with Gasteiger partial charge in [0.25, 0.3) is 0 Å². The number of rotatable bonds is 5. The van der Waals surface area contributed by atoms with Gasteiger partial charge in [-0.25, -0.2) is 8.78 Å². The fourth-order valence-electron chi connectivity index (χ4n) is 3.18. The summed E-state index contributed by atoms with van der Waals surface area (Å²) in [7, 11) is 0. The van der Waals surface area contributed by atoms with Gasteiger partial charge >= 0.3 is 0 Å². The van der Waals surface area contributed by atoms with Crippen LogP contribution in [0, 0.1) is 11.6 Å². The zero-order valence-corrected chi connectivity index (χ0v) is 12.8. The highest BCUT2D eigenvalue weighted by Crippen LogP contribution is 2.25. The van der Waals surface area contributed by atoms with Gasteiger partial charge in [-0.05, 0) is 25.5 Å². The fourth-order valence-corrected chi connectivity index (χ4v) is 3.18. The van der Waals surface area contributed by atoms with Crippen molar-refractivity contribution in [1.29, 1.82) is 0 Å². The maximum absolute atomic E-state index is 13.8. The Morgan fingerprint density at radius 2 is 1.87 bits per heavy atom. The Kier molecular flexibility index (Phi) is 4.82. The predicted molar refractivity (Wildman–Crippen MR) is 85.2 cm³/mol. The summed E-state index contributed by atoms with van der Waals surface area (Å²) < 4.78 is 27.2. The Hall–Kier alpha value is -2.07. The highest BCUT2D eigenvalue weighted by Gasteiger charge is 2.27. The predicted octanol–water partition coefficient (Wildman–Crippen LogP) is 4.20. The number of benzene rings is 2. The molecule has 1 saturated heterocycles. The smallest absolute Gasteiger partial charge is 0.164 e. The third kappa shape index (κ3) is 3.64. The molecule has 0 aromatic heterocycles. The number of Topliss-reactive ketones (excluding diaryl/α,β-unsaturated/α-hetero) is 1. The van der Waals surface area contributed by atoms with Crippen LogP contribution in [-0.2, 0) is 6.54 Å². The Bertz CT molecular complexity index is 687. The number of carbonyl (C=O) groups excluding carboxylic acids is 1. The van der Waals surface area contributed by atoms with E-state index >= 15 is 0 Å². The lowest BCUT2D eigenvalue weighted by molar-refractivity contribution is 0.0938. The molecule has 1 aliphatic heterocycles. The van der Waals surface area contributed by atoms with Gasteiger partial charge in [0.2, 0.25) is 0 Å². The first-order valence-corrected chi connectivity index (χ1v) is 7.90. The molecule has 1 aliphatic rings. The molecule has 0 radical (unpaired) electrons. The molecule has 1 atom stereocenters. The van der Waals surface area contributed by atoms with E-state index in [9.17, 15) is 13.6 Å². The van der Waals surface area contributed by atoms with Crippen molar-refractivity contribution in [3.63, 3.8) is 0 Å². The Morgan fingerprint density at radius 3 is 2.65 bits per heavy atom. The molecule has 2 nitrogen and oxygen atoms in total. The third-order valence-electron chi connectivity index (χ3n) is 4.42. The van der Waals surface area contributed by atoms with Crippen molar-refractivity contribution in [1.82, 2.24) is 4.90 Å². The lowest BCUT2D eigenvalue weighted by atomic mass is 10.0. The zero-order chi connectivity index (χ0) is 16.2. The lowest BCUT2D eigenvalue weighted by Gasteiger charge is -2.24.